The van der Waals surface area contributed by atoms with E-state index in [0.29, 0.717) is 11.9 Å². The number of carbonyl (C=O) groups is 1. The van der Waals surface area contributed by atoms with E-state index in [-0.39, 0.29) is 5.92 Å². The molecule has 0 aliphatic carbocycles. The lowest BCUT2D eigenvalue weighted by molar-refractivity contribution is -0.135. The lowest BCUT2D eigenvalue weighted by Crippen LogP contribution is -2.54. The van der Waals surface area contributed by atoms with Crippen LogP contribution in [-0.4, -0.2) is 54.5 Å². The van der Waals surface area contributed by atoms with Crippen molar-refractivity contribution in [3.8, 4) is 0 Å². The quantitative estimate of drug-likeness (QED) is 0.905. The summed E-state index contributed by atoms with van der Waals surface area (Å²) in [5.74, 6) is 0.342. The number of carbonyl (C=O) groups excluding carboxylic acids is 1. The largest absolute Gasteiger partial charge is 0.385 e. The van der Waals surface area contributed by atoms with Gasteiger partial charge in [-0.1, -0.05) is 25.1 Å². The van der Waals surface area contributed by atoms with Crippen molar-refractivity contribution >= 4 is 11.6 Å². The third-order valence-electron chi connectivity index (χ3n) is 4.87. The van der Waals surface area contributed by atoms with Crippen molar-refractivity contribution in [2.45, 2.75) is 32.2 Å². The zero-order valence-electron chi connectivity index (χ0n) is 13.0. The summed E-state index contributed by atoms with van der Waals surface area (Å²) < 4.78 is 0. The van der Waals surface area contributed by atoms with Crippen molar-refractivity contribution in [2.24, 2.45) is 0 Å². The first-order chi connectivity index (χ1) is 10.2. The highest BCUT2D eigenvalue weighted by Crippen LogP contribution is 2.33. The second kappa shape index (κ2) is 6.06. The molecule has 1 saturated heterocycles. The van der Waals surface area contributed by atoms with Gasteiger partial charge in [0.05, 0.1) is 5.92 Å². The van der Waals surface area contributed by atoms with Gasteiger partial charge >= 0.3 is 0 Å². The monoisotopic (exact) mass is 287 g/mol. The molecule has 2 aliphatic rings. The second-order valence-electron chi connectivity index (χ2n) is 6.12. The smallest absolute Gasteiger partial charge is 0.230 e. The standard InChI is InChI=1S/C17H25N3O/c1-3-19-10-11-20(12-13(19)2)17(21)15-8-9-18-16-7-5-4-6-14(15)16/h4-7,13,15,18H,3,8-12H2,1-2H3. The molecule has 2 aliphatic heterocycles. The number of nitrogens with one attached hydrogen (secondary N) is 1. The summed E-state index contributed by atoms with van der Waals surface area (Å²) in [5, 5.41) is 3.40. The van der Waals surface area contributed by atoms with Gasteiger partial charge in [0.1, 0.15) is 0 Å². The third-order valence-corrected chi connectivity index (χ3v) is 4.87. The molecule has 1 fully saturated rings. The molecule has 0 bridgehead atoms. The van der Waals surface area contributed by atoms with Gasteiger partial charge in [-0.15, -0.1) is 0 Å². The SMILES string of the molecule is CCN1CCN(C(=O)C2CCNc3ccccc32)CC1C. The number of likely N-dealkylation sites (N-methyl/N-ethyl adjacent to an activating group) is 1. The van der Waals surface area contributed by atoms with E-state index in [2.05, 4.69) is 41.1 Å². The van der Waals surface area contributed by atoms with Gasteiger partial charge in [0.25, 0.3) is 0 Å². The van der Waals surface area contributed by atoms with E-state index in [4.69, 9.17) is 0 Å². The van der Waals surface area contributed by atoms with Crippen molar-refractivity contribution in [1.29, 1.82) is 0 Å². The van der Waals surface area contributed by atoms with Gasteiger partial charge in [0, 0.05) is 37.9 Å². The number of rotatable bonds is 2. The molecular weight excluding hydrogens is 262 g/mol. The van der Waals surface area contributed by atoms with E-state index in [1.54, 1.807) is 0 Å². The summed E-state index contributed by atoms with van der Waals surface area (Å²) in [4.78, 5) is 17.5. The van der Waals surface area contributed by atoms with E-state index in [9.17, 15) is 4.79 Å². The zero-order chi connectivity index (χ0) is 14.8. The molecule has 1 N–H and O–H groups in total. The van der Waals surface area contributed by atoms with E-state index in [1.165, 1.54) is 5.56 Å². The molecule has 1 aromatic rings. The van der Waals surface area contributed by atoms with Gasteiger partial charge in [-0.3, -0.25) is 9.69 Å². The molecule has 2 atom stereocenters. The molecule has 4 heteroatoms. The van der Waals surface area contributed by atoms with Crippen LogP contribution in [-0.2, 0) is 4.79 Å². The van der Waals surface area contributed by atoms with Crippen molar-refractivity contribution in [3.05, 3.63) is 29.8 Å². The summed E-state index contributed by atoms with van der Waals surface area (Å²) in [6.45, 7) is 9.09. The average molecular weight is 287 g/mol. The Morgan fingerprint density at radius 2 is 2.14 bits per heavy atom. The second-order valence-corrected chi connectivity index (χ2v) is 6.12. The van der Waals surface area contributed by atoms with Crippen LogP contribution in [0.5, 0.6) is 0 Å². The van der Waals surface area contributed by atoms with Crippen molar-refractivity contribution < 1.29 is 4.79 Å². The minimum atomic E-state index is 0.0304. The minimum absolute atomic E-state index is 0.0304. The first-order valence-electron chi connectivity index (χ1n) is 8.06. The van der Waals surface area contributed by atoms with Crippen LogP contribution in [0.3, 0.4) is 0 Å². The number of piperazine rings is 1. The Hall–Kier alpha value is -1.55. The van der Waals surface area contributed by atoms with Crippen LogP contribution >= 0.6 is 0 Å². The van der Waals surface area contributed by atoms with Gasteiger partial charge < -0.3 is 10.2 Å². The number of hydrogen-bond acceptors (Lipinski definition) is 3. The normalized spacial score (nSPS) is 26.1. The fourth-order valence-electron chi connectivity index (χ4n) is 3.61. The maximum Gasteiger partial charge on any atom is 0.230 e. The van der Waals surface area contributed by atoms with Gasteiger partial charge in [-0.2, -0.15) is 0 Å². The summed E-state index contributed by atoms with van der Waals surface area (Å²) in [7, 11) is 0. The molecule has 0 saturated carbocycles. The number of para-hydroxylation sites is 1. The third kappa shape index (κ3) is 2.77. The van der Waals surface area contributed by atoms with E-state index in [0.717, 1.165) is 44.8 Å². The van der Waals surface area contributed by atoms with Gasteiger partial charge in [0.2, 0.25) is 5.91 Å². The summed E-state index contributed by atoms with van der Waals surface area (Å²) >= 11 is 0. The van der Waals surface area contributed by atoms with E-state index < -0.39 is 0 Å². The molecule has 114 valence electrons. The molecule has 0 radical (unpaired) electrons. The molecule has 0 spiro atoms. The highest BCUT2D eigenvalue weighted by molar-refractivity contribution is 5.86. The number of hydrogen-bond donors (Lipinski definition) is 1. The Morgan fingerprint density at radius 3 is 2.90 bits per heavy atom. The van der Waals surface area contributed by atoms with Crippen molar-refractivity contribution in [1.82, 2.24) is 9.80 Å². The first-order valence-corrected chi connectivity index (χ1v) is 8.06. The fourth-order valence-corrected chi connectivity index (χ4v) is 3.61. The summed E-state index contributed by atoms with van der Waals surface area (Å²) in [5.41, 5.74) is 2.29. The zero-order valence-corrected chi connectivity index (χ0v) is 13.0. The van der Waals surface area contributed by atoms with Crippen LogP contribution in [0.1, 0.15) is 31.7 Å². The Bertz CT molecular complexity index is 517. The number of fused-ring (bicyclic) bond motifs is 1. The molecule has 2 unspecified atom stereocenters. The van der Waals surface area contributed by atoms with Crippen LogP contribution in [0.15, 0.2) is 24.3 Å². The summed E-state index contributed by atoms with van der Waals surface area (Å²) in [6.07, 6.45) is 0.901. The van der Waals surface area contributed by atoms with Gasteiger partial charge in [-0.05, 0) is 31.5 Å². The number of amides is 1. The number of nitrogens with zero attached hydrogens (tertiary/aromatic N) is 2. The molecular formula is C17H25N3O. The van der Waals surface area contributed by atoms with Crippen molar-refractivity contribution in [2.75, 3.05) is 38.0 Å². The van der Waals surface area contributed by atoms with Crippen LogP contribution in [0.25, 0.3) is 0 Å². The molecule has 1 amide bonds. The van der Waals surface area contributed by atoms with E-state index in [1.807, 2.05) is 12.1 Å². The molecule has 1 aromatic carbocycles. The molecule has 21 heavy (non-hydrogen) atoms. The van der Waals surface area contributed by atoms with Crippen LogP contribution in [0, 0.1) is 0 Å². The van der Waals surface area contributed by atoms with Crippen molar-refractivity contribution in [3.63, 3.8) is 0 Å². The first kappa shape index (κ1) is 14.4. The predicted molar refractivity (Wildman–Crippen MR) is 85.6 cm³/mol. The lowest BCUT2D eigenvalue weighted by atomic mass is 9.89. The van der Waals surface area contributed by atoms with Gasteiger partial charge in [-0.25, -0.2) is 0 Å². The predicted octanol–water partition coefficient (Wildman–Crippen LogP) is 2.14. The lowest BCUT2D eigenvalue weighted by Gasteiger charge is -2.41. The molecule has 3 rings (SSSR count). The van der Waals surface area contributed by atoms with E-state index >= 15 is 0 Å². The Kier molecular flexibility index (Phi) is 4.15. The number of anilines is 1. The molecule has 4 nitrogen and oxygen atoms in total. The Balaban J connectivity index is 1.75. The molecule has 0 aromatic heterocycles. The van der Waals surface area contributed by atoms with Crippen LogP contribution in [0.4, 0.5) is 5.69 Å². The average Bonchev–Trinajstić information content (AvgIpc) is 2.53. The minimum Gasteiger partial charge on any atom is -0.385 e. The highest BCUT2D eigenvalue weighted by Gasteiger charge is 2.33. The van der Waals surface area contributed by atoms with Crippen LogP contribution < -0.4 is 5.32 Å². The highest BCUT2D eigenvalue weighted by atomic mass is 16.2. The Morgan fingerprint density at radius 1 is 1.33 bits per heavy atom. The molecule has 2 heterocycles. The summed E-state index contributed by atoms with van der Waals surface area (Å²) in [6, 6.07) is 8.69. The maximum atomic E-state index is 12.9. The van der Waals surface area contributed by atoms with Gasteiger partial charge in [0.15, 0.2) is 0 Å². The van der Waals surface area contributed by atoms with Crippen LogP contribution in [0.2, 0.25) is 0 Å². The fraction of sp³-hybridized carbons (Fsp3) is 0.588. The topological polar surface area (TPSA) is 35.6 Å². The number of benzene rings is 1. The maximum absolute atomic E-state index is 12.9. The Labute approximate surface area is 127 Å².